The van der Waals surface area contributed by atoms with Gasteiger partial charge in [0.15, 0.2) is 0 Å². The highest BCUT2D eigenvalue weighted by molar-refractivity contribution is 7.27. The molecule has 0 radical (unpaired) electrons. The van der Waals surface area contributed by atoms with E-state index >= 15 is 0 Å². The van der Waals surface area contributed by atoms with Gasteiger partial charge >= 0.3 is 0 Å². The Labute approximate surface area is 423 Å². The minimum Gasteiger partial charge on any atom is -0.318 e. The number of nitriles is 1. The molecule has 6 heteroatoms. The van der Waals surface area contributed by atoms with E-state index in [9.17, 15) is 28.3 Å². The van der Waals surface area contributed by atoms with E-state index in [0.717, 1.165) is 41.1 Å². The summed E-state index contributed by atoms with van der Waals surface area (Å²) in [4.78, 5) is 4.04. The molecule has 0 amide bonds. The molecule has 0 spiro atoms. The molecule has 0 saturated heterocycles. The van der Waals surface area contributed by atoms with Crippen LogP contribution in [0, 0.1) is 17.9 Å². The zero-order valence-corrected chi connectivity index (χ0v) is 36.5. The smallest absolute Gasteiger partial charge is 0.220 e. The first-order valence-electron chi connectivity index (χ1n) is 30.1. The second-order valence-corrected chi connectivity index (χ2v) is 18.0. The Morgan fingerprint density at radius 3 is 1.66 bits per heavy atom. The molecule has 314 valence electrons. The number of para-hydroxylation sites is 2. The monoisotopic (exact) mass is 916 g/mol. The Morgan fingerprint density at radius 2 is 1.03 bits per heavy atom. The van der Waals surface area contributed by atoms with E-state index in [1.165, 1.54) is 22.7 Å². The van der Waals surface area contributed by atoms with Crippen LogP contribution in [0.3, 0.4) is 0 Å². The maximum absolute atomic E-state index is 12.5. The quantitative estimate of drug-likeness (QED) is 0.159. The third-order valence-corrected chi connectivity index (χ3v) is 15.0. The first kappa shape index (κ1) is 24.7. The largest absolute Gasteiger partial charge is 0.318 e. The van der Waals surface area contributed by atoms with Crippen LogP contribution < -0.4 is 0 Å². The summed E-state index contributed by atoms with van der Waals surface area (Å²) in [5.74, 6) is 0. The van der Waals surface area contributed by atoms with Crippen LogP contribution in [0.25, 0.3) is 134 Å². The summed E-state index contributed by atoms with van der Waals surface area (Å²) < 4.78 is 174. The summed E-state index contributed by atoms with van der Waals surface area (Å²) in [5.41, 5.74) is -4.10. The molecule has 0 saturated carbocycles. The highest BCUT2D eigenvalue weighted by atomic mass is 32.1. The molecule has 0 atom stereocenters. The van der Waals surface area contributed by atoms with Crippen molar-refractivity contribution in [2.24, 2.45) is 0 Å². The van der Waals surface area contributed by atoms with Crippen molar-refractivity contribution in [3.63, 3.8) is 0 Å². The van der Waals surface area contributed by atoms with Gasteiger partial charge in [0.1, 0.15) is 6.07 Å². The summed E-state index contributed by atoms with van der Waals surface area (Å²) in [5, 5.41) is 15.8. The zero-order chi connectivity index (χ0) is 60.7. The van der Waals surface area contributed by atoms with E-state index in [0.29, 0.717) is 36.8 Å². The Kier molecular flexibility index (Phi) is 5.39. The number of rotatable bonds is 5. The van der Waals surface area contributed by atoms with Crippen LogP contribution >= 0.6 is 22.7 Å². The lowest BCUT2D eigenvalue weighted by molar-refractivity contribution is 1.14. The van der Waals surface area contributed by atoms with Gasteiger partial charge in [0.25, 0.3) is 0 Å². The van der Waals surface area contributed by atoms with Crippen LogP contribution in [-0.2, 0) is 0 Å². The molecule has 14 rings (SSSR count). The highest BCUT2D eigenvalue weighted by Gasteiger charge is 2.33. The fourth-order valence-electron chi connectivity index (χ4n) is 9.95. The summed E-state index contributed by atoms with van der Waals surface area (Å²) in [6, 6.07) is 17.5. The van der Waals surface area contributed by atoms with Crippen LogP contribution in [0.1, 0.15) is 30.2 Å². The average Bonchev–Trinajstić information content (AvgIpc) is 1.45. The third-order valence-electron chi connectivity index (χ3n) is 12.6. The Balaban J connectivity index is 1.43. The summed E-state index contributed by atoms with van der Waals surface area (Å²) >= 11 is 2.76. The Morgan fingerprint density at radius 1 is 0.485 bits per heavy atom. The molecule has 0 unspecified atom stereocenters. The average molecular weight is 917 g/mol. The topological polar surface area (TPSA) is 38.0 Å². The van der Waals surface area contributed by atoms with Gasteiger partial charge in [-0.05, 0) is 52.5 Å². The van der Waals surface area contributed by atoms with Gasteiger partial charge in [-0.1, -0.05) is 176 Å². The van der Waals surface area contributed by atoms with Gasteiger partial charge in [-0.2, -0.15) is 5.26 Å². The lowest BCUT2D eigenvalue weighted by Crippen LogP contribution is -2.09. The third kappa shape index (κ3) is 5.33. The molecule has 0 aliphatic heterocycles. The van der Waals surface area contributed by atoms with Crippen LogP contribution in [0.4, 0.5) is 5.69 Å². The minimum atomic E-state index is -0.900. The maximum atomic E-state index is 12.5. The number of thiophene rings is 2. The van der Waals surface area contributed by atoms with Crippen molar-refractivity contribution < 1.29 is 24.7 Å². The highest BCUT2D eigenvalue weighted by Crippen LogP contribution is 2.55. The first-order chi connectivity index (χ1) is 41.2. The van der Waals surface area contributed by atoms with E-state index in [1.54, 1.807) is 4.57 Å². The lowest BCUT2D eigenvalue weighted by Gasteiger charge is -2.26. The van der Waals surface area contributed by atoms with Gasteiger partial charge in [-0.15, -0.1) is 22.7 Å². The molecule has 4 heterocycles. The molecular weight excluding hydrogens is 865 g/mol. The fraction of sp³-hybridized carbons (Fsp3) is 0. The van der Waals surface area contributed by atoms with E-state index in [-0.39, 0.29) is 5.69 Å². The van der Waals surface area contributed by atoms with E-state index in [2.05, 4.69) is 17.0 Å². The molecule has 0 fully saturated rings. The predicted molar refractivity (Wildman–Crippen MR) is 288 cm³/mol. The van der Waals surface area contributed by atoms with Crippen molar-refractivity contribution in [3.05, 3.63) is 223 Å². The number of hydrogen-bond acceptors (Lipinski definition) is 3. The van der Waals surface area contributed by atoms with Crippen molar-refractivity contribution in [3.8, 4) is 50.8 Å². The van der Waals surface area contributed by atoms with Crippen molar-refractivity contribution in [2.45, 2.75) is 0 Å². The minimum absolute atomic E-state index is 0.366. The van der Waals surface area contributed by atoms with Crippen molar-refractivity contribution in [1.29, 1.82) is 5.26 Å². The number of benzene rings is 10. The van der Waals surface area contributed by atoms with Crippen LogP contribution in [0.5, 0.6) is 0 Å². The molecule has 0 aliphatic carbocycles. The molecule has 68 heavy (non-hydrogen) atoms. The summed E-state index contributed by atoms with van der Waals surface area (Å²) in [6.07, 6.45) is 0. The molecule has 4 nitrogen and oxygen atoms in total. The second kappa shape index (κ2) is 14.9. The number of fused-ring (bicyclic) bond motifs is 14. The van der Waals surface area contributed by atoms with Gasteiger partial charge in [-0.25, -0.2) is 4.85 Å². The van der Waals surface area contributed by atoms with Gasteiger partial charge in [0, 0.05) is 63.6 Å². The van der Waals surface area contributed by atoms with Gasteiger partial charge < -0.3 is 9.13 Å². The molecule has 14 aromatic rings. The first-order valence-corrected chi connectivity index (χ1v) is 22.8. The zero-order valence-electron chi connectivity index (χ0n) is 52.8. The van der Waals surface area contributed by atoms with Crippen LogP contribution in [0.2, 0.25) is 0 Å². The summed E-state index contributed by atoms with van der Waals surface area (Å²) in [6.45, 7) is 9.40. The molecule has 0 bridgehead atoms. The van der Waals surface area contributed by atoms with Crippen LogP contribution in [-0.4, -0.2) is 9.13 Å². The second-order valence-electron chi connectivity index (χ2n) is 15.9. The molecule has 10 aromatic carbocycles. The fourth-order valence-corrected chi connectivity index (χ4v) is 12.4. The van der Waals surface area contributed by atoms with Gasteiger partial charge in [-0.3, -0.25) is 0 Å². The molecule has 0 aliphatic rings. The van der Waals surface area contributed by atoms with Crippen LogP contribution in [0.15, 0.2) is 206 Å². The molecule has 0 N–H and O–H groups in total. The normalized spacial score (nSPS) is 15.5. The summed E-state index contributed by atoms with van der Waals surface area (Å²) in [7, 11) is 0. The lowest BCUT2D eigenvalue weighted by atomic mass is 9.88. The van der Waals surface area contributed by atoms with E-state index < -0.39 is 170 Å². The SMILES string of the molecule is [2H]c1c([2H])c([2H])c(-c2c(C#N)c(-n3c4c(ccc5c6ccccc6sc54)c4c(-c5ccccc5)cc5c6ccccc6sc5c43)c(-c3c([2H])c([2H])c([2H])c([2H])c3[2H])c(-n3c4c([2H])c([2H])c([2H])c([2H])c4c4c([2H])c([2H])c([2H])c([2H])c43)c2[N+]#[C-])c([2H])c1[2H]. The van der Waals surface area contributed by atoms with Gasteiger partial charge in [0.05, 0.1) is 79.7 Å². The van der Waals surface area contributed by atoms with Gasteiger partial charge in [0.2, 0.25) is 5.69 Å². The molecular formula is C62H34N4S2. The number of hydrogen-bond donors (Lipinski definition) is 0. The predicted octanol–water partition coefficient (Wildman–Crippen LogP) is 18.0. The Hall–Kier alpha value is -8.78. The van der Waals surface area contributed by atoms with Crippen molar-refractivity contribution in [1.82, 2.24) is 9.13 Å². The Bertz CT molecular complexity index is 5480. The maximum Gasteiger partial charge on any atom is 0.220 e. The molecule has 4 aromatic heterocycles. The standard InChI is InChI=1S/C62H34N4S2/c1-64-56-53(38-21-7-3-8-22-38)48(36-63)57(54(39-23-9-4-10-24-39)59(56)65-49-29-15-11-25-40(49)41-26-12-16-30-50(41)65)66-58-45(34-33-44-42-27-13-17-31-51(42)67-61(44)58)55-46(37-19-5-2-6-20-37)35-47-43-28-14-18-32-52(43)68-62(47)60(55)66/h2-35H/i3D,4D,7D,8D,9D,10D,11D,12D,15D,16D,21D,22D,23D,24D,25D,26D,29D,30D. The van der Waals surface area contributed by atoms with Crippen molar-refractivity contribution in [2.75, 3.05) is 0 Å². The number of nitrogens with zero attached hydrogens (tertiary/aromatic N) is 4. The number of aromatic nitrogens is 2. The van der Waals surface area contributed by atoms with E-state index in [4.69, 9.17) is 8.22 Å². The van der Waals surface area contributed by atoms with E-state index in [1.807, 2.05) is 91.0 Å². The van der Waals surface area contributed by atoms with Crippen molar-refractivity contribution >= 4 is 112 Å².